The van der Waals surface area contributed by atoms with Crippen LogP contribution in [0.25, 0.3) is 0 Å². The van der Waals surface area contributed by atoms with Crippen molar-refractivity contribution in [3.05, 3.63) is 12.2 Å². The molecule has 0 radical (unpaired) electrons. The van der Waals surface area contributed by atoms with Crippen LogP contribution in [-0.4, -0.2) is 12.2 Å². The lowest BCUT2D eigenvalue weighted by Crippen LogP contribution is -2.24. The molecule has 0 fully saturated rings. The summed E-state index contributed by atoms with van der Waals surface area (Å²) in [5.41, 5.74) is 1.26. The van der Waals surface area contributed by atoms with Gasteiger partial charge in [-0.3, -0.25) is 0 Å². The quantitative estimate of drug-likeness (QED) is 0.342. The van der Waals surface area contributed by atoms with Crippen molar-refractivity contribution in [3.63, 3.8) is 0 Å². The molecule has 0 unspecified atom stereocenters. The fourth-order valence-corrected chi connectivity index (χ4v) is 1.63. The fraction of sp³-hybridized carbons (Fsp3) is 0.875. The van der Waals surface area contributed by atoms with E-state index in [2.05, 4.69) is 34.3 Å². The Hall–Kier alpha value is -0.300. The van der Waals surface area contributed by atoms with Crippen molar-refractivity contribution >= 4 is 0 Å². The normalized spacial score (nSPS) is 11.8. The third-order valence-electron chi connectivity index (χ3n) is 3.40. The van der Waals surface area contributed by atoms with Crippen molar-refractivity contribution in [1.82, 2.24) is 0 Å². The first-order chi connectivity index (χ1) is 8.02. The summed E-state index contributed by atoms with van der Waals surface area (Å²) in [6.45, 7) is 13.5. The van der Waals surface area contributed by atoms with Crippen LogP contribution in [-0.2, 0) is 4.74 Å². The van der Waals surface area contributed by atoms with E-state index in [1.54, 1.807) is 0 Å². The molecule has 0 N–H and O–H groups in total. The van der Waals surface area contributed by atoms with Gasteiger partial charge in [0.05, 0.1) is 12.2 Å². The zero-order valence-electron chi connectivity index (χ0n) is 12.5. The number of rotatable bonds is 11. The average Bonchev–Trinajstić information content (AvgIpc) is 2.31. The van der Waals surface area contributed by atoms with E-state index in [0.717, 1.165) is 19.4 Å². The minimum absolute atomic E-state index is 0.00403. The van der Waals surface area contributed by atoms with Crippen molar-refractivity contribution in [3.8, 4) is 0 Å². The summed E-state index contributed by atoms with van der Waals surface area (Å²) in [6.07, 6.45) is 10.3. The Morgan fingerprint density at radius 3 is 2.18 bits per heavy atom. The Labute approximate surface area is 109 Å². The summed E-state index contributed by atoms with van der Waals surface area (Å²) in [4.78, 5) is 0. The van der Waals surface area contributed by atoms with Crippen molar-refractivity contribution in [2.24, 2.45) is 0 Å². The predicted octanol–water partition coefficient (Wildman–Crippen LogP) is 5.50. The van der Waals surface area contributed by atoms with Crippen LogP contribution in [0.15, 0.2) is 12.2 Å². The average molecular weight is 240 g/mol. The molecule has 0 bridgehead atoms. The van der Waals surface area contributed by atoms with Crippen molar-refractivity contribution < 1.29 is 4.74 Å². The summed E-state index contributed by atoms with van der Waals surface area (Å²) in [7, 11) is 0. The molecule has 0 rings (SSSR count). The van der Waals surface area contributed by atoms with Crippen LogP contribution in [0.2, 0.25) is 0 Å². The molecule has 0 aliphatic heterocycles. The topological polar surface area (TPSA) is 9.23 Å². The van der Waals surface area contributed by atoms with Gasteiger partial charge >= 0.3 is 0 Å². The Kier molecular flexibility index (Phi) is 9.53. The van der Waals surface area contributed by atoms with Gasteiger partial charge in [0, 0.05) is 0 Å². The lowest BCUT2D eigenvalue weighted by Gasteiger charge is -2.24. The van der Waals surface area contributed by atoms with Crippen molar-refractivity contribution in [1.29, 1.82) is 0 Å². The van der Waals surface area contributed by atoms with Gasteiger partial charge in [-0.15, -0.1) is 0 Å². The lowest BCUT2D eigenvalue weighted by molar-refractivity contribution is -0.00785. The minimum atomic E-state index is 0.00403. The van der Waals surface area contributed by atoms with E-state index in [9.17, 15) is 0 Å². The van der Waals surface area contributed by atoms with Gasteiger partial charge < -0.3 is 4.74 Å². The second kappa shape index (κ2) is 9.70. The van der Waals surface area contributed by atoms with Gasteiger partial charge in [-0.2, -0.15) is 0 Å². The Morgan fingerprint density at radius 2 is 1.59 bits per heavy atom. The van der Waals surface area contributed by atoms with Crippen molar-refractivity contribution in [2.45, 2.75) is 84.7 Å². The first-order valence-electron chi connectivity index (χ1n) is 7.32. The first-order valence-corrected chi connectivity index (χ1v) is 7.32. The highest BCUT2D eigenvalue weighted by molar-refractivity contribution is 4.94. The van der Waals surface area contributed by atoms with Crippen molar-refractivity contribution in [2.75, 3.05) is 6.61 Å². The molecule has 102 valence electrons. The molecule has 0 aromatic heterocycles. The van der Waals surface area contributed by atoms with Crippen LogP contribution < -0.4 is 0 Å². The summed E-state index contributed by atoms with van der Waals surface area (Å²) in [5, 5.41) is 0. The van der Waals surface area contributed by atoms with E-state index in [1.165, 1.54) is 44.1 Å². The molecule has 17 heavy (non-hydrogen) atoms. The Morgan fingerprint density at radius 1 is 1.00 bits per heavy atom. The fourth-order valence-electron chi connectivity index (χ4n) is 1.63. The summed E-state index contributed by atoms with van der Waals surface area (Å²) < 4.78 is 5.84. The summed E-state index contributed by atoms with van der Waals surface area (Å²) >= 11 is 0. The van der Waals surface area contributed by atoms with Gasteiger partial charge in [0.1, 0.15) is 0 Å². The van der Waals surface area contributed by atoms with E-state index in [4.69, 9.17) is 4.74 Å². The highest BCUT2D eigenvalue weighted by Crippen LogP contribution is 2.17. The monoisotopic (exact) mass is 240 g/mol. The SMILES string of the molecule is C=C(CCCCCCCC)COC(C)(C)CC. The standard InChI is InChI=1S/C16H32O/c1-6-8-9-10-11-12-13-15(3)14-17-16(4,5)7-2/h3,6-14H2,1-2,4-5H3. The first kappa shape index (κ1) is 16.7. The molecule has 1 heteroatoms. The maximum Gasteiger partial charge on any atom is 0.0681 e. The molecule has 0 aliphatic carbocycles. The molecule has 0 aromatic carbocycles. The molecule has 0 amide bonds. The molecular formula is C16H32O. The second-order valence-electron chi connectivity index (χ2n) is 5.67. The molecule has 0 spiro atoms. The molecule has 0 heterocycles. The van der Waals surface area contributed by atoms with Crippen LogP contribution in [0.1, 0.15) is 79.1 Å². The Balaban J connectivity index is 3.41. The molecule has 0 aromatic rings. The van der Waals surface area contributed by atoms with Gasteiger partial charge in [0.2, 0.25) is 0 Å². The van der Waals surface area contributed by atoms with E-state index in [1.807, 2.05) is 0 Å². The Bertz CT molecular complexity index is 194. The predicted molar refractivity (Wildman–Crippen MR) is 77.5 cm³/mol. The van der Waals surface area contributed by atoms with Crippen LogP contribution >= 0.6 is 0 Å². The highest BCUT2D eigenvalue weighted by Gasteiger charge is 2.15. The van der Waals surface area contributed by atoms with E-state index >= 15 is 0 Å². The second-order valence-corrected chi connectivity index (χ2v) is 5.67. The van der Waals surface area contributed by atoms with Crippen LogP contribution in [0.5, 0.6) is 0 Å². The van der Waals surface area contributed by atoms with Crippen LogP contribution in [0.4, 0.5) is 0 Å². The number of hydrogen-bond acceptors (Lipinski definition) is 1. The third-order valence-corrected chi connectivity index (χ3v) is 3.40. The maximum absolute atomic E-state index is 5.84. The smallest absolute Gasteiger partial charge is 0.0681 e. The third kappa shape index (κ3) is 10.6. The zero-order valence-corrected chi connectivity index (χ0v) is 12.5. The van der Waals surface area contributed by atoms with Crippen LogP contribution in [0, 0.1) is 0 Å². The number of ether oxygens (including phenoxy) is 1. The maximum atomic E-state index is 5.84. The van der Waals surface area contributed by atoms with Gasteiger partial charge in [-0.25, -0.2) is 0 Å². The van der Waals surface area contributed by atoms with Gasteiger partial charge in [0.25, 0.3) is 0 Å². The van der Waals surface area contributed by atoms with Gasteiger partial charge in [-0.1, -0.05) is 58.1 Å². The van der Waals surface area contributed by atoms with E-state index in [-0.39, 0.29) is 5.60 Å². The number of hydrogen-bond donors (Lipinski definition) is 0. The van der Waals surface area contributed by atoms with E-state index < -0.39 is 0 Å². The van der Waals surface area contributed by atoms with E-state index in [0.29, 0.717) is 0 Å². The molecule has 0 saturated carbocycles. The molecule has 0 atom stereocenters. The molecule has 1 nitrogen and oxygen atoms in total. The highest BCUT2D eigenvalue weighted by atomic mass is 16.5. The number of unbranched alkanes of at least 4 members (excludes halogenated alkanes) is 5. The largest absolute Gasteiger partial charge is 0.371 e. The van der Waals surface area contributed by atoms with Gasteiger partial charge in [-0.05, 0) is 33.1 Å². The summed E-state index contributed by atoms with van der Waals surface area (Å²) in [5.74, 6) is 0. The molecular weight excluding hydrogens is 208 g/mol. The lowest BCUT2D eigenvalue weighted by atomic mass is 10.1. The molecule has 0 aliphatic rings. The summed E-state index contributed by atoms with van der Waals surface area (Å²) in [6, 6.07) is 0. The minimum Gasteiger partial charge on any atom is -0.371 e. The van der Waals surface area contributed by atoms with Gasteiger partial charge in [0.15, 0.2) is 0 Å². The van der Waals surface area contributed by atoms with Crippen LogP contribution in [0.3, 0.4) is 0 Å². The molecule has 0 saturated heterocycles. The zero-order chi connectivity index (χ0) is 13.1.